The van der Waals surface area contributed by atoms with E-state index in [4.69, 9.17) is 21.7 Å². The number of thiocarbonyl (C=S) groups is 1. The molecule has 0 saturated carbocycles. The molecule has 0 unspecified atom stereocenters. The molecule has 0 radical (unpaired) electrons. The summed E-state index contributed by atoms with van der Waals surface area (Å²) >= 11 is 5.32. The molecule has 0 fully saturated rings. The van der Waals surface area contributed by atoms with Gasteiger partial charge in [-0.1, -0.05) is 13.0 Å². The number of hydrogen-bond donors (Lipinski definition) is 2. The Balaban J connectivity index is 2.09. The summed E-state index contributed by atoms with van der Waals surface area (Å²) in [6, 6.07) is 6.56. The molecule has 0 aliphatic carbocycles. The molecule has 1 aliphatic heterocycles. The SMILES string of the molecule is CC[C@@H](NC(=S)NC(C)C)c1ccc2c(c1)OCCO2. The van der Waals surface area contributed by atoms with E-state index < -0.39 is 0 Å². The van der Waals surface area contributed by atoms with Crippen molar-refractivity contribution in [3.8, 4) is 11.5 Å². The summed E-state index contributed by atoms with van der Waals surface area (Å²) in [7, 11) is 0. The highest BCUT2D eigenvalue weighted by molar-refractivity contribution is 7.80. The highest BCUT2D eigenvalue weighted by atomic mass is 32.1. The van der Waals surface area contributed by atoms with Gasteiger partial charge in [-0.05, 0) is 50.2 Å². The molecule has 110 valence electrons. The zero-order valence-corrected chi connectivity index (χ0v) is 13.0. The molecule has 0 amide bonds. The monoisotopic (exact) mass is 294 g/mol. The molecular formula is C15H22N2O2S. The normalized spacial score (nSPS) is 14.8. The van der Waals surface area contributed by atoms with Crippen LogP contribution < -0.4 is 20.1 Å². The molecule has 4 nitrogen and oxygen atoms in total. The molecule has 1 aliphatic rings. The fourth-order valence-electron chi connectivity index (χ4n) is 2.16. The maximum atomic E-state index is 5.63. The summed E-state index contributed by atoms with van der Waals surface area (Å²) in [4.78, 5) is 0. The van der Waals surface area contributed by atoms with E-state index in [0.717, 1.165) is 23.5 Å². The summed E-state index contributed by atoms with van der Waals surface area (Å²) in [5.74, 6) is 1.63. The Kier molecular flexibility index (Phi) is 5.06. The molecular weight excluding hydrogens is 272 g/mol. The zero-order valence-electron chi connectivity index (χ0n) is 12.2. The third kappa shape index (κ3) is 3.76. The van der Waals surface area contributed by atoms with Crippen LogP contribution in [0.15, 0.2) is 18.2 Å². The number of benzene rings is 1. The minimum Gasteiger partial charge on any atom is -0.486 e. The number of rotatable bonds is 4. The van der Waals surface area contributed by atoms with Crippen LogP contribution in [-0.2, 0) is 0 Å². The van der Waals surface area contributed by atoms with Crippen molar-refractivity contribution in [3.05, 3.63) is 23.8 Å². The molecule has 2 N–H and O–H groups in total. The maximum absolute atomic E-state index is 5.63. The Morgan fingerprint density at radius 1 is 1.20 bits per heavy atom. The largest absolute Gasteiger partial charge is 0.486 e. The van der Waals surface area contributed by atoms with Gasteiger partial charge in [-0.15, -0.1) is 0 Å². The summed E-state index contributed by atoms with van der Waals surface area (Å²) in [6.07, 6.45) is 0.944. The molecule has 0 saturated heterocycles. The lowest BCUT2D eigenvalue weighted by Crippen LogP contribution is -2.40. The lowest BCUT2D eigenvalue weighted by atomic mass is 10.0. The van der Waals surface area contributed by atoms with E-state index in [2.05, 4.69) is 37.5 Å². The molecule has 0 spiro atoms. The minimum atomic E-state index is 0.171. The van der Waals surface area contributed by atoms with Gasteiger partial charge in [0.1, 0.15) is 13.2 Å². The second-order valence-electron chi connectivity index (χ2n) is 5.14. The quantitative estimate of drug-likeness (QED) is 0.836. The summed E-state index contributed by atoms with van der Waals surface area (Å²) in [5, 5.41) is 7.23. The van der Waals surface area contributed by atoms with E-state index in [1.54, 1.807) is 0 Å². The predicted octanol–water partition coefficient (Wildman–Crippen LogP) is 2.78. The second-order valence-corrected chi connectivity index (χ2v) is 5.54. The van der Waals surface area contributed by atoms with Crippen LogP contribution >= 0.6 is 12.2 Å². The van der Waals surface area contributed by atoms with E-state index in [1.165, 1.54) is 0 Å². The third-order valence-corrected chi connectivity index (χ3v) is 3.34. The van der Waals surface area contributed by atoms with Crippen molar-refractivity contribution in [2.24, 2.45) is 0 Å². The van der Waals surface area contributed by atoms with Gasteiger partial charge < -0.3 is 20.1 Å². The molecule has 1 aromatic carbocycles. The number of hydrogen-bond acceptors (Lipinski definition) is 3. The second kappa shape index (κ2) is 6.79. The van der Waals surface area contributed by atoms with Crippen molar-refractivity contribution < 1.29 is 9.47 Å². The molecule has 0 aromatic heterocycles. The van der Waals surface area contributed by atoms with Crippen molar-refractivity contribution in [3.63, 3.8) is 0 Å². The molecule has 1 aromatic rings. The van der Waals surface area contributed by atoms with Crippen LogP contribution in [0, 0.1) is 0 Å². The zero-order chi connectivity index (χ0) is 14.5. The highest BCUT2D eigenvalue weighted by Crippen LogP contribution is 2.33. The lowest BCUT2D eigenvalue weighted by molar-refractivity contribution is 0.171. The standard InChI is InChI=1S/C15H22N2O2S/c1-4-12(17-15(20)16-10(2)3)11-5-6-13-14(9-11)19-8-7-18-13/h5-6,9-10,12H,4,7-8H2,1-3H3,(H2,16,17,20)/t12-/m1/s1. The van der Waals surface area contributed by atoms with Crippen LogP contribution in [0.3, 0.4) is 0 Å². The number of ether oxygens (including phenoxy) is 2. The number of nitrogens with one attached hydrogen (secondary N) is 2. The first-order valence-corrected chi connectivity index (χ1v) is 7.47. The maximum Gasteiger partial charge on any atom is 0.166 e. The van der Waals surface area contributed by atoms with Gasteiger partial charge in [-0.2, -0.15) is 0 Å². The van der Waals surface area contributed by atoms with Crippen molar-refractivity contribution in [1.82, 2.24) is 10.6 Å². The van der Waals surface area contributed by atoms with E-state index in [-0.39, 0.29) is 6.04 Å². The molecule has 20 heavy (non-hydrogen) atoms. The van der Waals surface area contributed by atoms with E-state index in [1.807, 2.05) is 12.1 Å². The van der Waals surface area contributed by atoms with Crippen LogP contribution in [0.25, 0.3) is 0 Å². The molecule has 0 bridgehead atoms. The Labute approximate surface area is 125 Å². The van der Waals surface area contributed by atoms with Crippen LogP contribution in [0.1, 0.15) is 38.8 Å². The first-order valence-electron chi connectivity index (χ1n) is 7.06. The Morgan fingerprint density at radius 2 is 1.90 bits per heavy atom. The van der Waals surface area contributed by atoms with Gasteiger partial charge >= 0.3 is 0 Å². The van der Waals surface area contributed by atoms with Crippen molar-refractivity contribution >= 4 is 17.3 Å². The lowest BCUT2D eigenvalue weighted by Gasteiger charge is -2.24. The first-order chi connectivity index (χ1) is 9.60. The van der Waals surface area contributed by atoms with Gasteiger partial charge in [0.2, 0.25) is 0 Å². The fourth-order valence-corrected chi connectivity index (χ4v) is 2.54. The smallest absolute Gasteiger partial charge is 0.166 e. The molecule has 2 rings (SSSR count). The summed E-state index contributed by atoms with van der Waals surface area (Å²) in [6.45, 7) is 7.49. The molecule has 1 heterocycles. The molecule has 1 atom stereocenters. The van der Waals surface area contributed by atoms with Crippen molar-refractivity contribution in [2.75, 3.05) is 13.2 Å². The van der Waals surface area contributed by atoms with E-state index in [0.29, 0.717) is 24.4 Å². The number of fused-ring (bicyclic) bond motifs is 1. The Morgan fingerprint density at radius 3 is 2.55 bits per heavy atom. The van der Waals surface area contributed by atoms with Crippen LogP contribution in [0.4, 0.5) is 0 Å². The Hall–Kier alpha value is -1.49. The van der Waals surface area contributed by atoms with E-state index >= 15 is 0 Å². The van der Waals surface area contributed by atoms with Gasteiger partial charge in [-0.25, -0.2) is 0 Å². The average Bonchev–Trinajstić information content (AvgIpc) is 2.43. The van der Waals surface area contributed by atoms with E-state index in [9.17, 15) is 0 Å². The summed E-state index contributed by atoms with van der Waals surface area (Å²) in [5.41, 5.74) is 1.16. The minimum absolute atomic E-state index is 0.171. The van der Waals surface area contributed by atoms with Crippen LogP contribution in [0.2, 0.25) is 0 Å². The Bertz CT molecular complexity index is 477. The molecule has 5 heteroatoms. The van der Waals surface area contributed by atoms with Gasteiger partial charge in [0.25, 0.3) is 0 Å². The van der Waals surface area contributed by atoms with Crippen molar-refractivity contribution in [1.29, 1.82) is 0 Å². The van der Waals surface area contributed by atoms with Crippen molar-refractivity contribution in [2.45, 2.75) is 39.3 Å². The van der Waals surface area contributed by atoms with Crippen LogP contribution in [-0.4, -0.2) is 24.4 Å². The average molecular weight is 294 g/mol. The van der Waals surface area contributed by atoms with Gasteiger partial charge in [0, 0.05) is 6.04 Å². The van der Waals surface area contributed by atoms with Crippen LogP contribution in [0.5, 0.6) is 11.5 Å². The first kappa shape index (κ1) is 14.9. The van der Waals surface area contributed by atoms with Gasteiger partial charge in [0.05, 0.1) is 6.04 Å². The topological polar surface area (TPSA) is 42.5 Å². The summed E-state index contributed by atoms with van der Waals surface area (Å²) < 4.78 is 11.2. The van der Waals surface area contributed by atoms with Gasteiger partial charge in [-0.3, -0.25) is 0 Å². The predicted molar refractivity (Wildman–Crippen MR) is 84.5 cm³/mol. The highest BCUT2D eigenvalue weighted by Gasteiger charge is 2.16. The van der Waals surface area contributed by atoms with Gasteiger partial charge in [0.15, 0.2) is 16.6 Å². The third-order valence-electron chi connectivity index (χ3n) is 3.10. The fraction of sp³-hybridized carbons (Fsp3) is 0.533.